The van der Waals surface area contributed by atoms with E-state index in [1.165, 1.54) is 0 Å². The van der Waals surface area contributed by atoms with Gasteiger partial charge in [0.1, 0.15) is 5.75 Å². The van der Waals surface area contributed by atoms with Gasteiger partial charge in [0.25, 0.3) is 0 Å². The molecule has 126 valence electrons. The molecule has 0 aliphatic carbocycles. The summed E-state index contributed by atoms with van der Waals surface area (Å²) in [6.07, 6.45) is 3.48. The fourth-order valence-corrected chi connectivity index (χ4v) is 3.32. The summed E-state index contributed by atoms with van der Waals surface area (Å²) >= 11 is 1.62. The average molecular weight is 343 g/mol. The van der Waals surface area contributed by atoms with Crippen molar-refractivity contribution in [2.45, 2.75) is 6.54 Å². The summed E-state index contributed by atoms with van der Waals surface area (Å²) in [5.41, 5.74) is 2.77. The van der Waals surface area contributed by atoms with Gasteiger partial charge in [-0.1, -0.05) is 6.08 Å². The number of benzene rings is 1. The third kappa shape index (κ3) is 4.32. The number of thiophene rings is 1. The normalized spacial score (nSPS) is 15.7. The van der Waals surface area contributed by atoms with Gasteiger partial charge in [-0.05, 0) is 46.7 Å². The summed E-state index contributed by atoms with van der Waals surface area (Å²) in [7, 11) is 1.66. The number of carbonyl (C=O) groups excluding carboxylic acids is 1. The molecule has 1 aliphatic rings. The van der Waals surface area contributed by atoms with Crippen molar-refractivity contribution in [2.75, 3.05) is 33.4 Å². The van der Waals surface area contributed by atoms with Crippen molar-refractivity contribution in [3.05, 3.63) is 57.8 Å². The first-order chi connectivity index (χ1) is 11.8. The van der Waals surface area contributed by atoms with Gasteiger partial charge in [0.05, 0.1) is 20.3 Å². The monoisotopic (exact) mass is 343 g/mol. The molecule has 2 heterocycles. The lowest BCUT2D eigenvalue weighted by atomic mass is 10.0. The van der Waals surface area contributed by atoms with Crippen molar-refractivity contribution >= 4 is 23.2 Å². The van der Waals surface area contributed by atoms with Crippen molar-refractivity contribution < 1.29 is 14.3 Å². The molecule has 1 fully saturated rings. The smallest absolute Gasteiger partial charge is 0.185 e. The average Bonchev–Trinajstić information content (AvgIpc) is 3.14. The molecule has 1 saturated heterocycles. The topological polar surface area (TPSA) is 38.8 Å². The van der Waals surface area contributed by atoms with E-state index in [-0.39, 0.29) is 5.78 Å². The molecule has 5 heteroatoms. The van der Waals surface area contributed by atoms with Gasteiger partial charge in [-0.25, -0.2) is 0 Å². The minimum absolute atomic E-state index is 0.00656. The second kappa shape index (κ2) is 8.24. The van der Waals surface area contributed by atoms with Gasteiger partial charge in [0.2, 0.25) is 0 Å². The molecule has 24 heavy (non-hydrogen) atoms. The molecule has 0 atom stereocenters. The van der Waals surface area contributed by atoms with Gasteiger partial charge in [-0.3, -0.25) is 9.69 Å². The first-order valence-corrected chi connectivity index (χ1v) is 8.92. The van der Waals surface area contributed by atoms with Crippen LogP contribution in [0.4, 0.5) is 0 Å². The SMILES string of the molecule is COc1ccc(C(=O)/C=C/c2ccsc2)cc1CN1CCOCC1. The van der Waals surface area contributed by atoms with E-state index in [1.54, 1.807) is 24.5 Å². The molecule has 0 spiro atoms. The lowest BCUT2D eigenvalue weighted by Crippen LogP contribution is -2.35. The summed E-state index contributed by atoms with van der Waals surface area (Å²) in [4.78, 5) is 14.7. The third-order valence-corrected chi connectivity index (χ3v) is 4.73. The number of rotatable bonds is 6. The molecule has 0 radical (unpaired) electrons. The van der Waals surface area contributed by atoms with Gasteiger partial charge < -0.3 is 9.47 Å². The van der Waals surface area contributed by atoms with Crippen LogP contribution in [0.25, 0.3) is 6.08 Å². The Hall–Kier alpha value is -1.95. The zero-order chi connectivity index (χ0) is 16.8. The first kappa shape index (κ1) is 16.9. The van der Waals surface area contributed by atoms with E-state index in [0.29, 0.717) is 5.56 Å². The lowest BCUT2D eigenvalue weighted by molar-refractivity contribution is 0.0338. The van der Waals surface area contributed by atoms with Crippen LogP contribution >= 0.6 is 11.3 Å². The van der Waals surface area contributed by atoms with Gasteiger partial charge in [0, 0.05) is 30.8 Å². The Morgan fingerprint density at radius 1 is 1.33 bits per heavy atom. The molecule has 1 aromatic carbocycles. The van der Waals surface area contributed by atoms with Crippen LogP contribution in [0.3, 0.4) is 0 Å². The molecule has 0 saturated carbocycles. The Bertz CT molecular complexity index is 703. The van der Waals surface area contributed by atoms with Crippen LogP contribution in [0.15, 0.2) is 41.1 Å². The maximum atomic E-state index is 12.4. The minimum Gasteiger partial charge on any atom is -0.496 e. The zero-order valence-corrected chi connectivity index (χ0v) is 14.6. The summed E-state index contributed by atoms with van der Waals surface area (Å²) in [6.45, 7) is 4.08. The third-order valence-electron chi connectivity index (χ3n) is 4.03. The van der Waals surface area contributed by atoms with Crippen LogP contribution in [0.1, 0.15) is 21.5 Å². The van der Waals surface area contributed by atoms with Crippen molar-refractivity contribution in [1.29, 1.82) is 0 Å². The number of ketones is 1. The number of hydrogen-bond donors (Lipinski definition) is 0. The molecule has 1 aromatic heterocycles. The van der Waals surface area contributed by atoms with Crippen LogP contribution in [-0.4, -0.2) is 44.1 Å². The molecular formula is C19H21NO3S. The largest absolute Gasteiger partial charge is 0.496 e. The summed E-state index contributed by atoms with van der Waals surface area (Å²) < 4.78 is 10.8. The van der Waals surface area contributed by atoms with E-state index >= 15 is 0 Å². The summed E-state index contributed by atoms with van der Waals surface area (Å²) in [5, 5.41) is 4.01. The number of allylic oxidation sites excluding steroid dienone is 1. The predicted molar refractivity (Wildman–Crippen MR) is 96.8 cm³/mol. The molecule has 0 bridgehead atoms. The fraction of sp³-hybridized carbons (Fsp3) is 0.316. The molecule has 2 aromatic rings. The number of methoxy groups -OCH3 is 1. The highest BCUT2D eigenvalue weighted by atomic mass is 32.1. The molecule has 0 unspecified atom stereocenters. The van der Waals surface area contributed by atoms with E-state index in [2.05, 4.69) is 4.90 Å². The molecular weight excluding hydrogens is 322 g/mol. The number of carbonyl (C=O) groups is 1. The van der Waals surface area contributed by atoms with Crippen LogP contribution in [0.5, 0.6) is 5.75 Å². The fourth-order valence-electron chi connectivity index (χ4n) is 2.69. The van der Waals surface area contributed by atoms with Crippen molar-refractivity contribution in [3.63, 3.8) is 0 Å². The molecule has 0 amide bonds. The Morgan fingerprint density at radius 2 is 2.17 bits per heavy atom. The van der Waals surface area contributed by atoms with Crippen molar-refractivity contribution in [1.82, 2.24) is 4.90 Å². The second-order valence-corrected chi connectivity index (χ2v) is 6.45. The molecule has 1 aliphatic heterocycles. The van der Waals surface area contributed by atoms with E-state index in [4.69, 9.17) is 9.47 Å². The standard InChI is InChI=1S/C19H21NO3S/c1-22-19-5-3-16(18(21)4-2-15-6-11-24-14-15)12-17(19)13-20-7-9-23-10-8-20/h2-6,11-12,14H,7-10,13H2,1H3/b4-2+. The summed E-state index contributed by atoms with van der Waals surface area (Å²) in [5.74, 6) is 0.826. The minimum atomic E-state index is 0.00656. The maximum Gasteiger partial charge on any atom is 0.185 e. The van der Waals surface area contributed by atoms with Gasteiger partial charge in [-0.2, -0.15) is 11.3 Å². The highest BCUT2D eigenvalue weighted by Crippen LogP contribution is 2.23. The molecule has 3 rings (SSSR count). The number of hydrogen-bond acceptors (Lipinski definition) is 5. The van der Waals surface area contributed by atoms with E-state index in [9.17, 15) is 4.79 Å². The van der Waals surface area contributed by atoms with Crippen LogP contribution in [0, 0.1) is 0 Å². The predicted octanol–water partition coefficient (Wildman–Crippen LogP) is 3.49. The number of nitrogens with zero attached hydrogens (tertiary/aromatic N) is 1. The van der Waals surface area contributed by atoms with E-state index < -0.39 is 0 Å². The van der Waals surface area contributed by atoms with Gasteiger partial charge in [-0.15, -0.1) is 0 Å². The first-order valence-electron chi connectivity index (χ1n) is 7.98. The Labute approximate surface area is 146 Å². The highest BCUT2D eigenvalue weighted by molar-refractivity contribution is 7.08. The van der Waals surface area contributed by atoms with Crippen molar-refractivity contribution in [2.24, 2.45) is 0 Å². The zero-order valence-electron chi connectivity index (χ0n) is 13.7. The van der Waals surface area contributed by atoms with Crippen molar-refractivity contribution in [3.8, 4) is 5.75 Å². The maximum absolute atomic E-state index is 12.4. The number of ether oxygens (including phenoxy) is 2. The lowest BCUT2D eigenvalue weighted by Gasteiger charge is -2.27. The van der Waals surface area contributed by atoms with Gasteiger partial charge >= 0.3 is 0 Å². The Morgan fingerprint density at radius 3 is 2.88 bits per heavy atom. The molecule has 4 nitrogen and oxygen atoms in total. The second-order valence-electron chi connectivity index (χ2n) is 5.67. The summed E-state index contributed by atoms with van der Waals surface area (Å²) in [6, 6.07) is 7.63. The Kier molecular flexibility index (Phi) is 5.80. The van der Waals surface area contributed by atoms with Crippen LogP contribution in [0.2, 0.25) is 0 Å². The van der Waals surface area contributed by atoms with E-state index in [0.717, 1.165) is 49.7 Å². The number of morpholine rings is 1. The molecule has 0 N–H and O–H groups in total. The van der Waals surface area contributed by atoms with Gasteiger partial charge in [0.15, 0.2) is 5.78 Å². The van der Waals surface area contributed by atoms with Crippen LogP contribution < -0.4 is 4.74 Å². The Balaban J connectivity index is 1.76. The highest BCUT2D eigenvalue weighted by Gasteiger charge is 2.15. The van der Waals surface area contributed by atoms with E-state index in [1.807, 2.05) is 41.1 Å². The van der Waals surface area contributed by atoms with Crippen LogP contribution in [-0.2, 0) is 11.3 Å². The quantitative estimate of drug-likeness (QED) is 0.594.